The van der Waals surface area contributed by atoms with Gasteiger partial charge in [0.25, 0.3) is 5.91 Å². The molecule has 1 aromatic heterocycles. The Morgan fingerprint density at radius 2 is 2.00 bits per heavy atom. The number of benzene rings is 2. The van der Waals surface area contributed by atoms with Crippen molar-refractivity contribution in [3.63, 3.8) is 0 Å². The van der Waals surface area contributed by atoms with Crippen LogP contribution in [0.5, 0.6) is 17.2 Å². The Morgan fingerprint density at radius 1 is 1.17 bits per heavy atom. The van der Waals surface area contributed by atoms with E-state index in [1.165, 1.54) is 32.8 Å². The van der Waals surface area contributed by atoms with Gasteiger partial charge >= 0.3 is 0 Å². The second-order valence-corrected chi connectivity index (χ2v) is 9.90. The maximum absolute atomic E-state index is 11.9. The Balaban J connectivity index is 1.31. The third-order valence-electron chi connectivity index (χ3n) is 7.03. The van der Waals surface area contributed by atoms with E-state index in [0.717, 1.165) is 30.6 Å². The topological polar surface area (TPSA) is 89.7 Å². The summed E-state index contributed by atoms with van der Waals surface area (Å²) >= 11 is 12.2. The molecule has 1 saturated heterocycles. The molecule has 2 aromatic carbocycles. The highest BCUT2D eigenvalue weighted by Crippen LogP contribution is 2.39. The van der Waals surface area contributed by atoms with Gasteiger partial charge in [-0.3, -0.25) is 9.78 Å². The molecule has 3 aromatic rings. The Labute approximate surface area is 214 Å². The summed E-state index contributed by atoms with van der Waals surface area (Å²) in [6.45, 7) is 2.00. The largest absolute Gasteiger partial charge is 0.496 e. The molecule has 1 aliphatic carbocycles. The Bertz CT molecular complexity index is 1300. The van der Waals surface area contributed by atoms with Gasteiger partial charge in [-0.1, -0.05) is 30.9 Å². The lowest BCUT2D eigenvalue weighted by Gasteiger charge is -2.31. The Morgan fingerprint density at radius 3 is 2.69 bits per heavy atom. The number of rotatable bonds is 6. The van der Waals surface area contributed by atoms with Crippen LogP contribution in [-0.2, 0) is 0 Å². The van der Waals surface area contributed by atoms with Crippen LogP contribution < -0.4 is 20.5 Å². The van der Waals surface area contributed by atoms with Crippen LogP contribution in [0.15, 0.2) is 42.6 Å². The lowest BCUT2D eigenvalue weighted by atomic mass is 9.75. The van der Waals surface area contributed by atoms with Gasteiger partial charge in [-0.05, 0) is 54.7 Å². The van der Waals surface area contributed by atoms with Crippen molar-refractivity contribution >= 4 is 51.4 Å². The number of amides is 1. The van der Waals surface area contributed by atoms with E-state index in [2.05, 4.69) is 15.2 Å². The van der Waals surface area contributed by atoms with Crippen molar-refractivity contribution < 1.29 is 14.3 Å². The number of pyridine rings is 1. The molecule has 1 unspecified atom stereocenters. The van der Waals surface area contributed by atoms with Gasteiger partial charge in [0.1, 0.15) is 17.2 Å². The number of carbonyl (C=O) groups is 1. The average molecular weight is 511 g/mol. The minimum Gasteiger partial charge on any atom is -0.496 e. The van der Waals surface area contributed by atoms with Crippen molar-refractivity contribution in [1.82, 2.24) is 9.88 Å². The van der Waals surface area contributed by atoms with Gasteiger partial charge in [0.15, 0.2) is 5.11 Å². The zero-order valence-corrected chi connectivity index (χ0v) is 21.0. The summed E-state index contributed by atoms with van der Waals surface area (Å²) in [7, 11) is 1.48. The second-order valence-electron chi connectivity index (χ2n) is 9.10. The normalized spacial score (nSPS) is 17.8. The fraction of sp³-hybridized carbons (Fsp3) is 0.346. The van der Waals surface area contributed by atoms with Crippen molar-refractivity contribution in [3.05, 3.63) is 53.2 Å². The standard InChI is InChI=1S/C26H27ClN4O3S/c1-33-24-13-22-18(12-19(24)25(28)32)23(7-9-29-22)34-17-5-6-21(20(27)11-17)30-26(35)31-10-8-16(14-31)15-3-2-4-15/h5-7,9,11-13,15-16H,2-4,8,10,14H2,1H3,(H2,28,32)(H,30,35). The van der Waals surface area contributed by atoms with Crippen LogP contribution in [-0.4, -0.2) is 41.1 Å². The smallest absolute Gasteiger partial charge is 0.252 e. The molecular weight excluding hydrogens is 484 g/mol. The summed E-state index contributed by atoms with van der Waals surface area (Å²) < 4.78 is 11.4. The number of methoxy groups -OCH3 is 1. The zero-order chi connectivity index (χ0) is 24.5. The summed E-state index contributed by atoms with van der Waals surface area (Å²) in [4.78, 5) is 18.5. The molecular formula is C26H27ClN4O3S. The molecule has 7 nitrogen and oxygen atoms in total. The quantitative estimate of drug-likeness (QED) is 0.417. The van der Waals surface area contributed by atoms with Gasteiger partial charge in [-0.15, -0.1) is 0 Å². The van der Waals surface area contributed by atoms with Gasteiger partial charge in [-0.25, -0.2) is 0 Å². The molecule has 1 saturated carbocycles. The number of hydrogen-bond acceptors (Lipinski definition) is 5. The number of primary amides is 1. The lowest BCUT2D eigenvalue weighted by molar-refractivity contribution is 0.0997. The number of halogens is 1. The summed E-state index contributed by atoms with van der Waals surface area (Å²) in [5, 5.41) is 5.13. The number of nitrogens with two attached hydrogens (primary N) is 1. The number of ether oxygens (including phenoxy) is 2. The predicted octanol–water partition coefficient (Wildman–Crippen LogP) is 5.61. The van der Waals surface area contributed by atoms with Crippen molar-refractivity contribution in [1.29, 1.82) is 0 Å². The van der Waals surface area contributed by atoms with Crippen LogP contribution in [0.1, 0.15) is 36.0 Å². The number of aromatic nitrogens is 1. The van der Waals surface area contributed by atoms with Gasteiger partial charge in [0, 0.05) is 36.8 Å². The molecule has 5 rings (SSSR count). The van der Waals surface area contributed by atoms with Crippen molar-refractivity contribution in [2.24, 2.45) is 17.6 Å². The summed E-state index contributed by atoms with van der Waals surface area (Å²) in [5.74, 6) is 2.45. The van der Waals surface area contributed by atoms with E-state index in [9.17, 15) is 4.79 Å². The SMILES string of the molecule is COc1cc2nccc(Oc3ccc(NC(=S)N4CCC(C5CCC5)C4)c(Cl)c3)c2cc1C(N)=O. The summed E-state index contributed by atoms with van der Waals surface area (Å²) in [6.07, 6.45) is 6.91. The fourth-order valence-corrected chi connectivity index (χ4v) is 5.34. The van der Waals surface area contributed by atoms with Gasteiger partial charge in [-0.2, -0.15) is 0 Å². The van der Waals surface area contributed by atoms with E-state index in [1.807, 2.05) is 12.1 Å². The predicted molar refractivity (Wildman–Crippen MR) is 142 cm³/mol. The molecule has 1 aliphatic heterocycles. The molecule has 2 fully saturated rings. The van der Waals surface area contributed by atoms with Gasteiger partial charge in [0.05, 0.1) is 28.9 Å². The van der Waals surface area contributed by atoms with Crippen LogP contribution in [0.2, 0.25) is 5.02 Å². The number of nitrogens with zero attached hydrogens (tertiary/aromatic N) is 2. The highest BCUT2D eigenvalue weighted by Gasteiger charge is 2.33. The molecule has 1 atom stereocenters. The third-order valence-corrected chi connectivity index (χ3v) is 7.70. The van der Waals surface area contributed by atoms with Gasteiger partial charge in [0.2, 0.25) is 0 Å². The first kappa shape index (κ1) is 23.6. The zero-order valence-electron chi connectivity index (χ0n) is 19.4. The number of fused-ring (bicyclic) bond motifs is 1. The summed E-state index contributed by atoms with van der Waals surface area (Å²) in [6, 6.07) is 10.4. The van der Waals surface area contributed by atoms with Gasteiger partial charge < -0.3 is 25.4 Å². The monoisotopic (exact) mass is 510 g/mol. The highest BCUT2D eigenvalue weighted by atomic mass is 35.5. The average Bonchev–Trinajstić information content (AvgIpc) is 3.28. The second kappa shape index (κ2) is 9.87. The number of anilines is 1. The number of nitrogens with one attached hydrogen (secondary N) is 1. The molecule has 2 heterocycles. The third kappa shape index (κ3) is 4.86. The van der Waals surface area contributed by atoms with Crippen LogP contribution >= 0.6 is 23.8 Å². The van der Waals surface area contributed by atoms with Crippen molar-refractivity contribution in [2.45, 2.75) is 25.7 Å². The van der Waals surface area contributed by atoms with E-state index in [1.54, 1.807) is 30.5 Å². The van der Waals surface area contributed by atoms with Crippen LogP contribution in [0.25, 0.3) is 10.9 Å². The van der Waals surface area contributed by atoms with E-state index < -0.39 is 5.91 Å². The van der Waals surface area contributed by atoms with E-state index in [0.29, 0.717) is 38.3 Å². The minimum absolute atomic E-state index is 0.255. The number of hydrogen-bond donors (Lipinski definition) is 2. The van der Waals surface area contributed by atoms with Crippen molar-refractivity contribution in [2.75, 3.05) is 25.5 Å². The fourth-order valence-electron chi connectivity index (χ4n) is 4.85. The summed E-state index contributed by atoms with van der Waals surface area (Å²) in [5.41, 5.74) is 7.12. The molecule has 9 heteroatoms. The lowest BCUT2D eigenvalue weighted by Crippen LogP contribution is -2.34. The molecule has 3 N–H and O–H groups in total. The highest BCUT2D eigenvalue weighted by molar-refractivity contribution is 7.80. The van der Waals surface area contributed by atoms with Crippen LogP contribution in [0, 0.1) is 11.8 Å². The Kier molecular flexibility index (Phi) is 6.67. The van der Waals surface area contributed by atoms with Crippen LogP contribution in [0.3, 0.4) is 0 Å². The molecule has 182 valence electrons. The molecule has 1 amide bonds. The first-order valence-electron chi connectivity index (χ1n) is 11.7. The molecule has 0 bridgehead atoms. The van der Waals surface area contributed by atoms with Crippen molar-refractivity contribution in [3.8, 4) is 17.2 Å². The first-order valence-corrected chi connectivity index (χ1v) is 12.5. The van der Waals surface area contributed by atoms with E-state index in [-0.39, 0.29) is 5.56 Å². The van der Waals surface area contributed by atoms with E-state index in [4.69, 9.17) is 39.0 Å². The maximum Gasteiger partial charge on any atom is 0.252 e. The molecule has 35 heavy (non-hydrogen) atoms. The minimum atomic E-state index is -0.593. The number of likely N-dealkylation sites (tertiary alicyclic amines) is 1. The first-order chi connectivity index (χ1) is 16.9. The number of carbonyl (C=O) groups excluding carboxylic acids is 1. The molecule has 0 spiro atoms. The molecule has 2 aliphatic rings. The maximum atomic E-state index is 11.9. The molecule has 0 radical (unpaired) electrons. The van der Waals surface area contributed by atoms with E-state index >= 15 is 0 Å². The number of thiocarbonyl (C=S) groups is 1. The van der Waals surface area contributed by atoms with Crippen LogP contribution in [0.4, 0.5) is 5.69 Å². The Hall–Kier alpha value is -3.10.